The fourth-order valence-electron chi connectivity index (χ4n) is 3.18. The number of hydrogen-bond acceptors (Lipinski definition) is 4. The maximum absolute atomic E-state index is 13.6. The van der Waals surface area contributed by atoms with E-state index in [0.717, 1.165) is 10.6 Å². The number of hydrogen-bond donors (Lipinski definition) is 1. The van der Waals surface area contributed by atoms with Crippen molar-refractivity contribution < 1.29 is 18.0 Å². The number of anilines is 1. The first-order valence-electron chi connectivity index (χ1n) is 10.8. The lowest BCUT2D eigenvalue weighted by atomic mass is 10.1. The van der Waals surface area contributed by atoms with Gasteiger partial charge < -0.3 is 10.2 Å². The van der Waals surface area contributed by atoms with Crippen molar-refractivity contribution in [3.63, 3.8) is 0 Å². The Hall–Kier alpha value is -1.42. The van der Waals surface area contributed by atoms with Gasteiger partial charge in [-0.3, -0.25) is 13.9 Å². The zero-order chi connectivity index (χ0) is 27.4. The maximum atomic E-state index is 13.6. The highest BCUT2D eigenvalue weighted by atomic mass is 35.5. The molecule has 13 heteroatoms. The van der Waals surface area contributed by atoms with E-state index in [4.69, 9.17) is 58.0 Å². The Morgan fingerprint density at radius 1 is 0.944 bits per heavy atom. The molecule has 7 nitrogen and oxygen atoms in total. The van der Waals surface area contributed by atoms with Crippen molar-refractivity contribution >= 4 is 85.5 Å². The predicted octanol–water partition coefficient (Wildman–Crippen LogP) is 6.05. The van der Waals surface area contributed by atoms with Gasteiger partial charge in [-0.2, -0.15) is 0 Å². The third kappa shape index (κ3) is 8.04. The molecule has 0 spiro atoms. The quantitative estimate of drug-likeness (QED) is 0.329. The normalized spacial score (nSPS) is 13.1. The molecule has 2 rings (SSSR count). The number of amides is 2. The molecule has 0 aliphatic heterocycles. The van der Waals surface area contributed by atoms with E-state index in [1.54, 1.807) is 19.1 Å². The topological polar surface area (TPSA) is 86.8 Å². The van der Waals surface area contributed by atoms with Gasteiger partial charge in [-0.1, -0.05) is 71.0 Å². The number of rotatable bonds is 10. The fraction of sp³-hybridized carbons (Fsp3) is 0.391. The molecule has 36 heavy (non-hydrogen) atoms. The van der Waals surface area contributed by atoms with Gasteiger partial charge >= 0.3 is 0 Å². The molecule has 0 unspecified atom stereocenters. The smallest absolute Gasteiger partial charge is 0.244 e. The third-order valence-electron chi connectivity index (χ3n) is 5.46. The number of sulfonamides is 1. The van der Waals surface area contributed by atoms with Crippen LogP contribution in [0.15, 0.2) is 30.3 Å². The second-order valence-electron chi connectivity index (χ2n) is 8.24. The van der Waals surface area contributed by atoms with Gasteiger partial charge in [0, 0.05) is 22.6 Å². The van der Waals surface area contributed by atoms with Crippen LogP contribution in [0.3, 0.4) is 0 Å². The molecule has 0 heterocycles. The molecule has 2 aromatic carbocycles. The van der Waals surface area contributed by atoms with E-state index in [1.807, 2.05) is 13.8 Å². The Kier molecular flexibility index (Phi) is 11.0. The Labute approximate surface area is 236 Å². The van der Waals surface area contributed by atoms with E-state index in [1.165, 1.54) is 23.1 Å². The van der Waals surface area contributed by atoms with Crippen molar-refractivity contribution in [3.05, 3.63) is 61.0 Å². The monoisotopic (exact) mass is 615 g/mol. The fourth-order valence-corrected chi connectivity index (χ4v) is 5.19. The second-order valence-corrected chi connectivity index (χ2v) is 12.2. The highest BCUT2D eigenvalue weighted by Crippen LogP contribution is 2.35. The number of halogens is 5. The lowest BCUT2D eigenvalue weighted by Gasteiger charge is -2.32. The average molecular weight is 618 g/mol. The van der Waals surface area contributed by atoms with Gasteiger partial charge in [0.1, 0.15) is 12.6 Å². The van der Waals surface area contributed by atoms with Crippen LogP contribution in [-0.2, 0) is 26.2 Å². The summed E-state index contributed by atoms with van der Waals surface area (Å²) in [5.41, 5.74) is 0.499. The Morgan fingerprint density at radius 3 is 2.11 bits per heavy atom. The molecule has 0 aromatic heterocycles. The first kappa shape index (κ1) is 30.8. The molecule has 0 bridgehead atoms. The van der Waals surface area contributed by atoms with Crippen LogP contribution >= 0.6 is 58.0 Å². The van der Waals surface area contributed by atoms with Gasteiger partial charge in [0.05, 0.1) is 27.0 Å². The number of nitrogens with one attached hydrogen (secondary N) is 1. The van der Waals surface area contributed by atoms with E-state index in [-0.39, 0.29) is 33.3 Å². The highest BCUT2D eigenvalue weighted by molar-refractivity contribution is 7.92. The first-order valence-corrected chi connectivity index (χ1v) is 14.6. The Balaban J connectivity index is 2.49. The summed E-state index contributed by atoms with van der Waals surface area (Å²) in [7, 11) is -4.00. The van der Waals surface area contributed by atoms with Gasteiger partial charge in [-0.05, 0) is 50.1 Å². The van der Waals surface area contributed by atoms with Gasteiger partial charge in [0.25, 0.3) is 0 Å². The largest absolute Gasteiger partial charge is 0.352 e. The Bertz CT molecular complexity index is 1240. The summed E-state index contributed by atoms with van der Waals surface area (Å²) in [6, 6.07) is 6.23. The predicted molar refractivity (Wildman–Crippen MR) is 148 cm³/mol. The van der Waals surface area contributed by atoms with E-state index in [2.05, 4.69) is 5.32 Å². The SMILES string of the molecule is CC[C@@H](C)NC(=O)[C@@H](C)N(Cc1ccc(Cl)cc1Cl)C(=O)CN(c1cc(Cl)c(Cl)cc1Cl)S(C)(=O)=O. The minimum atomic E-state index is -4.00. The molecule has 0 aliphatic carbocycles. The first-order chi connectivity index (χ1) is 16.6. The number of carbonyl (C=O) groups excluding carboxylic acids is 2. The van der Waals surface area contributed by atoms with E-state index in [0.29, 0.717) is 22.0 Å². The van der Waals surface area contributed by atoms with Crippen molar-refractivity contribution in [1.29, 1.82) is 0 Å². The number of benzene rings is 2. The standard InChI is InChI=1S/C23H26Cl5N3O4S/c1-5-13(2)29-23(33)14(3)30(11-15-6-7-16(24)8-17(15)25)22(32)12-31(36(4,34)35)21-10-19(27)18(26)9-20(21)28/h6-10,13-14H,5,11-12H2,1-4H3,(H,29,33)/t13-,14-/m1/s1. The van der Waals surface area contributed by atoms with Crippen LogP contribution in [0, 0.1) is 0 Å². The van der Waals surface area contributed by atoms with Gasteiger partial charge in [0.2, 0.25) is 21.8 Å². The molecule has 0 aliphatic rings. The zero-order valence-corrected chi connectivity index (χ0v) is 24.6. The molecule has 2 amide bonds. The second kappa shape index (κ2) is 12.9. The molecule has 1 N–H and O–H groups in total. The number of nitrogens with zero attached hydrogens (tertiary/aromatic N) is 2. The van der Waals surface area contributed by atoms with Crippen molar-refractivity contribution in [1.82, 2.24) is 10.2 Å². The third-order valence-corrected chi connectivity index (χ3v) is 8.20. The Morgan fingerprint density at radius 2 is 1.56 bits per heavy atom. The van der Waals surface area contributed by atoms with E-state index < -0.39 is 34.4 Å². The van der Waals surface area contributed by atoms with Crippen LogP contribution in [0.2, 0.25) is 25.1 Å². The van der Waals surface area contributed by atoms with E-state index >= 15 is 0 Å². The minimum Gasteiger partial charge on any atom is -0.352 e. The summed E-state index contributed by atoms with van der Waals surface area (Å²) in [6.45, 7) is 4.58. The molecular formula is C23H26Cl5N3O4S. The van der Waals surface area contributed by atoms with Crippen LogP contribution in [-0.4, -0.2) is 50.0 Å². The highest BCUT2D eigenvalue weighted by Gasteiger charge is 2.31. The molecule has 2 atom stereocenters. The van der Waals surface area contributed by atoms with Crippen molar-refractivity contribution in [2.75, 3.05) is 17.1 Å². The summed E-state index contributed by atoms with van der Waals surface area (Å²) in [6.07, 6.45) is 1.62. The van der Waals surface area contributed by atoms with Gasteiger partial charge in [-0.25, -0.2) is 8.42 Å². The van der Waals surface area contributed by atoms with Crippen LogP contribution in [0.1, 0.15) is 32.8 Å². The lowest BCUT2D eigenvalue weighted by Crippen LogP contribution is -2.52. The van der Waals surface area contributed by atoms with Gasteiger partial charge in [0.15, 0.2) is 0 Å². The average Bonchev–Trinajstić information content (AvgIpc) is 2.78. The molecule has 198 valence electrons. The van der Waals surface area contributed by atoms with E-state index in [9.17, 15) is 18.0 Å². The summed E-state index contributed by atoms with van der Waals surface area (Å²) in [5, 5.41) is 3.71. The molecule has 0 saturated carbocycles. The zero-order valence-electron chi connectivity index (χ0n) is 20.0. The summed E-state index contributed by atoms with van der Waals surface area (Å²) in [4.78, 5) is 27.8. The summed E-state index contributed by atoms with van der Waals surface area (Å²) >= 11 is 30.6. The van der Waals surface area contributed by atoms with Crippen LogP contribution in [0.25, 0.3) is 0 Å². The molecule has 2 aromatic rings. The maximum Gasteiger partial charge on any atom is 0.244 e. The molecule has 0 fully saturated rings. The number of carbonyl (C=O) groups is 2. The van der Waals surface area contributed by atoms with Crippen LogP contribution < -0.4 is 9.62 Å². The van der Waals surface area contributed by atoms with Crippen LogP contribution in [0.4, 0.5) is 5.69 Å². The molecule has 0 radical (unpaired) electrons. The molecule has 0 saturated heterocycles. The molecular weight excluding hydrogens is 592 g/mol. The van der Waals surface area contributed by atoms with Crippen molar-refractivity contribution in [2.45, 2.75) is 45.8 Å². The van der Waals surface area contributed by atoms with Crippen LogP contribution in [0.5, 0.6) is 0 Å². The van der Waals surface area contributed by atoms with Crippen molar-refractivity contribution in [2.24, 2.45) is 0 Å². The lowest BCUT2D eigenvalue weighted by molar-refractivity contribution is -0.139. The minimum absolute atomic E-state index is 0.0162. The summed E-state index contributed by atoms with van der Waals surface area (Å²) in [5.74, 6) is -1.07. The van der Waals surface area contributed by atoms with Crippen molar-refractivity contribution in [3.8, 4) is 0 Å². The van der Waals surface area contributed by atoms with Gasteiger partial charge in [-0.15, -0.1) is 0 Å². The summed E-state index contributed by atoms with van der Waals surface area (Å²) < 4.78 is 26.2.